The molecule has 3 aromatic rings. The summed E-state index contributed by atoms with van der Waals surface area (Å²) in [6.45, 7) is 1.88. The largest absolute Gasteiger partial charge is 0.478 e. The zero-order valence-corrected chi connectivity index (χ0v) is 14.0. The summed E-state index contributed by atoms with van der Waals surface area (Å²) in [5.41, 5.74) is 2.22. The molecule has 3 aromatic heterocycles. The lowest BCUT2D eigenvalue weighted by atomic mass is 10.2. The standard InChI is InChI=1S/C14H14N6O3S/c1-7-9(5-19(2)18-7)10-6-24-14(16-10)17-12(21)11-8(13(22)23)4-15-20(11)3/h4-6H,1-3H3,(H,22,23)(H,16,17,21). The third-order valence-corrected chi connectivity index (χ3v) is 4.16. The maximum atomic E-state index is 12.4. The van der Waals surface area contributed by atoms with Crippen LogP contribution in [-0.4, -0.2) is 41.5 Å². The molecule has 0 aliphatic heterocycles. The van der Waals surface area contributed by atoms with E-state index in [4.69, 9.17) is 5.11 Å². The zero-order valence-electron chi connectivity index (χ0n) is 13.1. The van der Waals surface area contributed by atoms with Gasteiger partial charge in [-0.1, -0.05) is 0 Å². The molecule has 3 rings (SSSR count). The van der Waals surface area contributed by atoms with Crippen LogP contribution in [0.2, 0.25) is 0 Å². The van der Waals surface area contributed by atoms with Gasteiger partial charge in [0.15, 0.2) is 5.13 Å². The average molecular weight is 346 g/mol. The second kappa shape index (κ2) is 5.89. The molecule has 0 aromatic carbocycles. The SMILES string of the molecule is Cc1nn(C)cc1-c1csc(NC(=O)c2c(C(=O)O)cnn2C)n1. The third kappa shape index (κ3) is 2.78. The molecule has 0 bridgehead atoms. The van der Waals surface area contributed by atoms with Crippen LogP contribution in [-0.2, 0) is 14.1 Å². The van der Waals surface area contributed by atoms with Gasteiger partial charge in [0.25, 0.3) is 5.91 Å². The molecule has 2 N–H and O–H groups in total. The number of aromatic nitrogens is 5. The molecular weight excluding hydrogens is 332 g/mol. The van der Waals surface area contributed by atoms with Gasteiger partial charge in [0.2, 0.25) is 0 Å². The molecule has 1 amide bonds. The van der Waals surface area contributed by atoms with Gasteiger partial charge in [-0.2, -0.15) is 10.2 Å². The summed E-state index contributed by atoms with van der Waals surface area (Å²) in [7, 11) is 3.33. The fourth-order valence-electron chi connectivity index (χ4n) is 2.33. The van der Waals surface area contributed by atoms with Crippen LogP contribution < -0.4 is 5.32 Å². The van der Waals surface area contributed by atoms with Crippen molar-refractivity contribution in [1.29, 1.82) is 0 Å². The monoisotopic (exact) mass is 346 g/mol. The van der Waals surface area contributed by atoms with E-state index in [0.717, 1.165) is 17.5 Å². The first-order valence-electron chi connectivity index (χ1n) is 6.89. The van der Waals surface area contributed by atoms with Gasteiger partial charge in [-0.05, 0) is 6.92 Å². The Morgan fingerprint density at radius 3 is 2.71 bits per heavy atom. The number of thiazole rings is 1. The van der Waals surface area contributed by atoms with Gasteiger partial charge < -0.3 is 5.11 Å². The van der Waals surface area contributed by atoms with E-state index in [9.17, 15) is 9.59 Å². The third-order valence-electron chi connectivity index (χ3n) is 3.40. The van der Waals surface area contributed by atoms with Crippen LogP contribution in [0.3, 0.4) is 0 Å². The van der Waals surface area contributed by atoms with E-state index in [1.54, 1.807) is 10.1 Å². The number of aromatic carboxylic acids is 1. The van der Waals surface area contributed by atoms with Crippen molar-refractivity contribution in [3.8, 4) is 11.3 Å². The van der Waals surface area contributed by atoms with E-state index >= 15 is 0 Å². The summed E-state index contributed by atoms with van der Waals surface area (Å²) >= 11 is 1.25. The molecule has 0 aliphatic rings. The Hall–Kier alpha value is -3.01. The summed E-state index contributed by atoms with van der Waals surface area (Å²) in [5.74, 6) is -1.78. The number of carbonyl (C=O) groups excluding carboxylic acids is 1. The maximum Gasteiger partial charge on any atom is 0.339 e. The summed E-state index contributed by atoms with van der Waals surface area (Å²) in [4.78, 5) is 27.9. The molecular formula is C14H14N6O3S. The topological polar surface area (TPSA) is 115 Å². The Labute approximate surface area is 140 Å². The van der Waals surface area contributed by atoms with Crippen molar-refractivity contribution in [2.45, 2.75) is 6.92 Å². The summed E-state index contributed by atoms with van der Waals surface area (Å²) in [6, 6.07) is 0. The highest BCUT2D eigenvalue weighted by Crippen LogP contribution is 2.27. The molecule has 9 nitrogen and oxygen atoms in total. The number of nitrogens with zero attached hydrogens (tertiary/aromatic N) is 5. The van der Waals surface area contributed by atoms with Crippen molar-refractivity contribution in [2.75, 3.05) is 5.32 Å². The van der Waals surface area contributed by atoms with Crippen LogP contribution >= 0.6 is 11.3 Å². The number of aryl methyl sites for hydroxylation is 3. The lowest BCUT2D eigenvalue weighted by Gasteiger charge is -2.03. The predicted molar refractivity (Wildman–Crippen MR) is 87.2 cm³/mol. The van der Waals surface area contributed by atoms with Crippen LogP contribution in [0.15, 0.2) is 17.8 Å². The van der Waals surface area contributed by atoms with E-state index in [1.165, 1.54) is 23.1 Å². The Morgan fingerprint density at radius 2 is 2.08 bits per heavy atom. The van der Waals surface area contributed by atoms with Crippen molar-refractivity contribution < 1.29 is 14.7 Å². The minimum absolute atomic E-state index is 0.0307. The van der Waals surface area contributed by atoms with Gasteiger partial charge >= 0.3 is 5.97 Å². The van der Waals surface area contributed by atoms with Crippen molar-refractivity contribution in [3.63, 3.8) is 0 Å². The minimum atomic E-state index is -1.21. The molecule has 0 saturated carbocycles. The van der Waals surface area contributed by atoms with Gasteiger partial charge in [-0.15, -0.1) is 11.3 Å². The Morgan fingerprint density at radius 1 is 1.33 bits per heavy atom. The zero-order chi connectivity index (χ0) is 17.4. The fraction of sp³-hybridized carbons (Fsp3) is 0.214. The summed E-state index contributed by atoms with van der Waals surface area (Å²) in [5, 5.41) is 22.0. The number of nitrogens with one attached hydrogen (secondary N) is 1. The molecule has 3 heterocycles. The second-order valence-electron chi connectivity index (χ2n) is 5.13. The van der Waals surface area contributed by atoms with Crippen molar-refractivity contribution >= 4 is 28.3 Å². The van der Waals surface area contributed by atoms with E-state index in [1.807, 2.05) is 20.2 Å². The Balaban J connectivity index is 1.85. The number of carbonyl (C=O) groups is 2. The minimum Gasteiger partial charge on any atom is -0.478 e. The molecule has 10 heteroatoms. The lowest BCUT2D eigenvalue weighted by molar-refractivity contribution is 0.0692. The van der Waals surface area contributed by atoms with Gasteiger partial charge in [-0.3, -0.25) is 19.5 Å². The number of hydrogen-bond donors (Lipinski definition) is 2. The highest BCUT2D eigenvalue weighted by molar-refractivity contribution is 7.14. The number of amides is 1. The molecule has 0 fully saturated rings. The molecule has 0 spiro atoms. The highest BCUT2D eigenvalue weighted by Gasteiger charge is 2.22. The number of rotatable bonds is 4. The lowest BCUT2D eigenvalue weighted by Crippen LogP contribution is -2.19. The number of carboxylic acid groups (broad SMARTS) is 1. The molecule has 0 saturated heterocycles. The van der Waals surface area contributed by atoms with Crippen LogP contribution in [0.25, 0.3) is 11.3 Å². The Kier molecular flexibility index (Phi) is 3.89. The van der Waals surface area contributed by atoms with E-state index in [2.05, 4.69) is 20.5 Å². The summed E-state index contributed by atoms with van der Waals surface area (Å²) in [6.07, 6.45) is 2.99. The average Bonchev–Trinajstić information content (AvgIpc) is 3.18. The van der Waals surface area contributed by atoms with E-state index < -0.39 is 11.9 Å². The van der Waals surface area contributed by atoms with E-state index in [0.29, 0.717) is 10.8 Å². The predicted octanol–water partition coefficient (Wildman–Crippen LogP) is 1.54. The van der Waals surface area contributed by atoms with Crippen molar-refractivity contribution in [2.24, 2.45) is 14.1 Å². The molecule has 0 unspecified atom stereocenters. The van der Waals surface area contributed by atoms with Gasteiger partial charge in [0, 0.05) is 31.2 Å². The summed E-state index contributed by atoms with van der Waals surface area (Å²) < 4.78 is 2.91. The van der Waals surface area contributed by atoms with Gasteiger partial charge in [0.05, 0.1) is 17.6 Å². The number of carboxylic acids is 1. The fourth-order valence-corrected chi connectivity index (χ4v) is 3.03. The molecule has 0 aliphatic carbocycles. The number of hydrogen-bond acceptors (Lipinski definition) is 6. The van der Waals surface area contributed by atoms with Gasteiger partial charge in [0.1, 0.15) is 11.3 Å². The maximum absolute atomic E-state index is 12.4. The van der Waals surface area contributed by atoms with Crippen LogP contribution in [0.4, 0.5) is 5.13 Å². The highest BCUT2D eigenvalue weighted by atomic mass is 32.1. The smallest absolute Gasteiger partial charge is 0.339 e. The van der Waals surface area contributed by atoms with Crippen molar-refractivity contribution in [3.05, 3.63) is 34.7 Å². The normalized spacial score (nSPS) is 10.8. The van der Waals surface area contributed by atoms with E-state index in [-0.39, 0.29) is 11.3 Å². The Bertz CT molecular complexity index is 938. The molecule has 124 valence electrons. The first-order chi connectivity index (χ1) is 11.4. The molecule has 0 radical (unpaired) electrons. The number of anilines is 1. The molecule has 0 atom stereocenters. The van der Waals surface area contributed by atoms with Gasteiger partial charge in [-0.25, -0.2) is 9.78 Å². The van der Waals surface area contributed by atoms with Crippen LogP contribution in [0.5, 0.6) is 0 Å². The second-order valence-corrected chi connectivity index (χ2v) is 5.99. The first kappa shape index (κ1) is 15.9. The molecule has 24 heavy (non-hydrogen) atoms. The van der Waals surface area contributed by atoms with Crippen LogP contribution in [0.1, 0.15) is 26.5 Å². The first-order valence-corrected chi connectivity index (χ1v) is 7.77. The van der Waals surface area contributed by atoms with Crippen LogP contribution in [0, 0.1) is 6.92 Å². The quantitative estimate of drug-likeness (QED) is 0.740. The van der Waals surface area contributed by atoms with Crippen molar-refractivity contribution in [1.82, 2.24) is 24.5 Å².